The average molecular weight is 223 g/mol. The van der Waals surface area contributed by atoms with E-state index in [0.29, 0.717) is 6.54 Å². The molecule has 1 aromatic rings. The molecule has 0 saturated carbocycles. The smallest absolute Gasteiger partial charge is 0.141 e. The van der Waals surface area contributed by atoms with Gasteiger partial charge in [-0.05, 0) is 36.6 Å². The molecule has 1 aliphatic heterocycles. The highest BCUT2D eigenvalue weighted by molar-refractivity contribution is 5.10. The van der Waals surface area contributed by atoms with Gasteiger partial charge in [0.2, 0.25) is 0 Å². The van der Waals surface area contributed by atoms with Gasteiger partial charge in [0.05, 0.1) is 6.20 Å². The summed E-state index contributed by atoms with van der Waals surface area (Å²) in [6.45, 7) is 5.70. The SMILES string of the molecule is CC1(CN)CCN(Cc2cncc(F)c2)C1. The van der Waals surface area contributed by atoms with Crippen molar-refractivity contribution in [1.29, 1.82) is 0 Å². The summed E-state index contributed by atoms with van der Waals surface area (Å²) >= 11 is 0. The van der Waals surface area contributed by atoms with Gasteiger partial charge in [-0.3, -0.25) is 9.88 Å². The van der Waals surface area contributed by atoms with Gasteiger partial charge in [-0.1, -0.05) is 6.92 Å². The third-order valence-electron chi connectivity index (χ3n) is 3.30. The van der Waals surface area contributed by atoms with Gasteiger partial charge in [0.1, 0.15) is 5.82 Å². The lowest BCUT2D eigenvalue weighted by molar-refractivity contribution is 0.274. The number of likely N-dealkylation sites (tertiary alicyclic amines) is 1. The molecular weight excluding hydrogens is 205 g/mol. The minimum absolute atomic E-state index is 0.223. The number of hydrogen-bond acceptors (Lipinski definition) is 3. The van der Waals surface area contributed by atoms with E-state index < -0.39 is 0 Å². The second-order valence-corrected chi connectivity index (χ2v) is 4.99. The molecule has 1 saturated heterocycles. The van der Waals surface area contributed by atoms with Crippen molar-refractivity contribution < 1.29 is 4.39 Å². The van der Waals surface area contributed by atoms with Crippen LogP contribution in [0.15, 0.2) is 18.5 Å². The summed E-state index contributed by atoms with van der Waals surface area (Å²) in [4.78, 5) is 6.17. The van der Waals surface area contributed by atoms with Gasteiger partial charge in [-0.2, -0.15) is 0 Å². The number of aromatic nitrogens is 1. The first-order valence-electron chi connectivity index (χ1n) is 5.63. The predicted octanol–water partition coefficient (Wildman–Crippen LogP) is 1.39. The average Bonchev–Trinajstić information content (AvgIpc) is 2.61. The molecule has 1 atom stereocenters. The maximum absolute atomic E-state index is 13.0. The zero-order valence-electron chi connectivity index (χ0n) is 9.62. The fourth-order valence-corrected chi connectivity index (χ4v) is 2.23. The molecule has 2 N–H and O–H groups in total. The third-order valence-corrected chi connectivity index (χ3v) is 3.30. The molecule has 16 heavy (non-hydrogen) atoms. The van der Waals surface area contributed by atoms with Gasteiger partial charge in [0.15, 0.2) is 0 Å². The molecule has 1 fully saturated rings. The zero-order chi connectivity index (χ0) is 11.6. The lowest BCUT2D eigenvalue weighted by Gasteiger charge is -2.22. The Bertz CT molecular complexity index is 369. The molecule has 0 amide bonds. The quantitative estimate of drug-likeness (QED) is 0.842. The second kappa shape index (κ2) is 4.47. The van der Waals surface area contributed by atoms with E-state index in [4.69, 9.17) is 5.73 Å². The van der Waals surface area contributed by atoms with Crippen molar-refractivity contribution in [3.63, 3.8) is 0 Å². The number of rotatable bonds is 3. The Labute approximate surface area is 95.5 Å². The monoisotopic (exact) mass is 223 g/mol. The van der Waals surface area contributed by atoms with Gasteiger partial charge in [0.25, 0.3) is 0 Å². The van der Waals surface area contributed by atoms with Crippen LogP contribution in [0.5, 0.6) is 0 Å². The summed E-state index contributed by atoms with van der Waals surface area (Å²) in [5.74, 6) is -0.265. The highest BCUT2D eigenvalue weighted by Gasteiger charge is 2.32. The van der Waals surface area contributed by atoms with E-state index in [-0.39, 0.29) is 11.2 Å². The maximum atomic E-state index is 13.0. The highest BCUT2D eigenvalue weighted by Crippen LogP contribution is 2.29. The Balaban J connectivity index is 1.97. The van der Waals surface area contributed by atoms with Crippen LogP contribution in [0.3, 0.4) is 0 Å². The number of nitrogens with two attached hydrogens (primary N) is 1. The maximum Gasteiger partial charge on any atom is 0.141 e. The Kier molecular flexibility index (Phi) is 3.21. The molecule has 1 unspecified atom stereocenters. The molecule has 4 heteroatoms. The molecule has 1 aromatic heterocycles. The summed E-state index contributed by atoms with van der Waals surface area (Å²) in [5.41, 5.74) is 6.90. The molecular formula is C12H18FN3. The molecule has 3 nitrogen and oxygen atoms in total. The summed E-state index contributed by atoms with van der Waals surface area (Å²) in [7, 11) is 0. The van der Waals surface area contributed by atoms with Crippen LogP contribution in [0.25, 0.3) is 0 Å². The van der Waals surface area contributed by atoms with Crippen molar-refractivity contribution in [3.8, 4) is 0 Å². The van der Waals surface area contributed by atoms with E-state index in [2.05, 4.69) is 16.8 Å². The van der Waals surface area contributed by atoms with Crippen LogP contribution in [0.2, 0.25) is 0 Å². The van der Waals surface area contributed by atoms with Gasteiger partial charge < -0.3 is 5.73 Å². The van der Waals surface area contributed by atoms with Gasteiger partial charge in [0, 0.05) is 19.3 Å². The van der Waals surface area contributed by atoms with Crippen LogP contribution in [0.1, 0.15) is 18.9 Å². The summed E-state index contributed by atoms with van der Waals surface area (Å²) in [6.07, 6.45) is 4.07. The Morgan fingerprint density at radius 2 is 2.38 bits per heavy atom. The lowest BCUT2D eigenvalue weighted by Crippen LogP contribution is -2.31. The predicted molar refractivity (Wildman–Crippen MR) is 61.3 cm³/mol. The van der Waals surface area contributed by atoms with Crippen molar-refractivity contribution >= 4 is 0 Å². The van der Waals surface area contributed by atoms with Crippen LogP contribution in [0, 0.1) is 11.2 Å². The van der Waals surface area contributed by atoms with Crippen molar-refractivity contribution in [2.45, 2.75) is 19.9 Å². The standard InChI is InChI=1S/C12H18FN3/c1-12(8-14)2-3-16(9-12)7-10-4-11(13)6-15-5-10/h4-6H,2-3,7-9,14H2,1H3. The summed E-state index contributed by atoms with van der Waals surface area (Å²) < 4.78 is 13.0. The molecule has 0 bridgehead atoms. The molecule has 0 aliphatic carbocycles. The van der Waals surface area contributed by atoms with Crippen molar-refractivity contribution in [2.24, 2.45) is 11.1 Å². The molecule has 0 spiro atoms. The van der Waals surface area contributed by atoms with E-state index in [1.807, 2.05) is 0 Å². The summed E-state index contributed by atoms with van der Waals surface area (Å²) in [6, 6.07) is 1.55. The van der Waals surface area contributed by atoms with Gasteiger partial charge in [-0.15, -0.1) is 0 Å². The fraction of sp³-hybridized carbons (Fsp3) is 0.583. The zero-order valence-corrected chi connectivity index (χ0v) is 9.62. The molecule has 0 radical (unpaired) electrons. The number of halogens is 1. The first kappa shape index (κ1) is 11.5. The van der Waals surface area contributed by atoms with Crippen LogP contribution in [0.4, 0.5) is 4.39 Å². The van der Waals surface area contributed by atoms with Crippen molar-refractivity contribution in [2.75, 3.05) is 19.6 Å². The minimum atomic E-state index is -0.265. The van der Waals surface area contributed by atoms with Gasteiger partial charge >= 0.3 is 0 Å². The third kappa shape index (κ3) is 2.57. The topological polar surface area (TPSA) is 42.1 Å². The Morgan fingerprint density at radius 3 is 3.00 bits per heavy atom. The van der Waals surface area contributed by atoms with Crippen LogP contribution in [-0.2, 0) is 6.54 Å². The van der Waals surface area contributed by atoms with E-state index >= 15 is 0 Å². The lowest BCUT2D eigenvalue weighted by atomic mass is 9.90. The molecule has 0 aromatic carbocycles. The second-order valence-electron chi connectivity index (χ2n) is 4.99. The number of hydrogen-bond donors (Lipinski definition) is 1. The first-order chi connectivity index (χ1) is 7.61. The number of nitrogens with zero attached hydrogens (tertiary/aromatic N) is 2. The first-order valence-corrected chi connectivity index (χ1v) is 5.63. The van der Waals surface area contributed by atoms with E-state index in [1.54, 1.807) is 12.3 Å². The van der Waals surface area contributed by atoms with Crippen molar-refractivity contribution in [1.82, 2.24) is 9.88 Å². The van der Waals surface area contributed by atoms with Crippen LogP contribution in [-0.4, -0.2) is 29.5 Å². The number of pyridine rings is 1. The fourth-order valence-electron chi connectivity index (χ4n) is 2.23. The van der Waals surface area contributed by atoms with Gasteiger partial charge in [-0.25, -0.2) is 4.39 Å². The van der Waals surface area contributed by atoms with E-state index in [1.165, 1.54) is 6.20 Å². The van der Waals surface area contributed by atoms with E-state index in [0.717, 1.165) is 31.6 Å². The normalized spacial score (nSPS) is 26.2. The molecule has 2 rings (SSSR count). The molecule has 1 aliphatic rings. The molecule has 2 heterocycles. The van der Waals surface area contributed by atoms with E-state index in [9.17, 15) is 4.39 Å². The largest absolute Gasteiger partial charge is 0.330 e. The Morgan fingerprint density at radius 1 is 1.56 bits per heavy atom. The molecule has 88 valence electrons. The van der Waals surface area contributed by atoms with Crippen LogP contribution >= 0.6 is 0 Å². The highest BCUT2D eigenvalue weighted by atomic mass is 19.1. The summed E-state index contributed by atoms with van der Waals surface area (Å²) in [5, 5.41) is 0. The minimum Gasteiger partial charge on any atom is -0.330 e. The van der Waals surface area contributed by atoms with Crippen molar-refractivity contribution in [3.05, 3.63) is 29.8 Å². The Hall–Kier alpha value is -1.00. The van der Waals surface area contributed by atoms with Crippen LogP contribution < -0.4 is 5.73 Å².